The van der Waals surface area contributed by atoms with Crippen molar-refractivity contribution in [2.75, 3.05) is 11.1 Å². The highest BCUT2D eigenvalue weighted by molar-refractivity contribution is 5.82. The van der Waals surface area contributed by atoms with Gasteiger partial charge < -0.3 is 11.1 Å². The van der Waals surface area contributed by atoms with Crippen LogP contribution in [0.1, 0.15) is 25.6 Å². The van der Waals surface area contributed by atoms with Crippen LogP contribution in [0.25, 0.3) is 22.3 Å². The maximum Gasteiger partial charge on any atom is 0.228 e. The average Bonchev–Trinajstić information content (AvgIpc) is 3.28. The van der Waals surface area contributed by atoms with E-state index in [0.29, 0.717) is 24.4 Å². The minimum absolute atomic E-state index is 0.162. The maximum absolute atomic E-state index is 5.86. The first-order chi connectivity index (χ1) is 12.6. The van der Waals surface area contributed by atoms with Crippen molar-refractivity contribution >= 4 is 22.8 Å². The van der Waals surface area contributed by atoms with Crippen LogP contribution >= 0.6 is 0 Å². The zero-order chi connectivity index (χ0) is 18.1. The Morgan fingerprint density at radius 3 is 2.88 bits per heavy atom. The van der Waals surface area contributed by atoms with Crippen LogP contribution in [-0.4, -0.2) is 34.9 Å². The maximum atomic E-state index is 5.86. The molecule has 0 atom stereocenters. The molecule has 0 radical (unpaired) electrons. The van der Waals surface area contributed by atoms with Crippen molar-refractivity contribution in [3.8, 4) is 11.4 Å². The fourth-order valence-corrected chi connectivity index (χ4v) is 2.61. The largest absolute Gasteiger partial charge is 0.368 e. The van der Waals surface area contributed by atoms with Crippen LogP contribution in [-0.2, 0) is 6.54 Å². The van der Waals surface area contributed by atoms with Gasteiger partial charge in [-0.2, -0.15) is 25.1 Å². The van der Waals surface area contributed by atoms with E-state index in [1.165, 1.54) is 0 Å². The number of nitrogen functional groups attached to an aromatic ring is 1. The Hall–Kier alpha value is -3.49. The van der Waals surface area contributed by atoms with Crippen molar-refractivity contribution in [2.24, 2.45) is 0 Å². The van der Waals surface area contributed by atoms with E-state index in [0.717, 1.165) is 22.2 Å². The summed E-state index contributed by atoms with van der Waals surface area (Å²) >= 11 is 0. The molecule has 132 valence electrons. The van der Waals surface area contributed by atoms with Crippen LogP contribution in [0.2, 0.25) is 0 Å². The van der Waals surface area contributed by atoms with Gasteiger partial charge in [-0.25, -0.2) is 0 Å². The molecule has 1 aromatic carbocycles. The lowest BCUT2D eigenvalue weighted by Gasteiger charge is -2.07. The lowest BCUT2D eigenvalue weighted by Crippen LogP contribution is -2.09. The summed E-state index contributed by atoms with van der Waals surface area (Å²) in [6.45, 7) is 4.67. The molecule has 3 heterocycles. The smallest absolute Gasteiger partial charge is 0.228 e. The van der Waals surface area contributed by atoms with Gasteiger partial charge in [-0.05, 0) is 26.0 Å². The lowest BCUT2D eigenvalue weighted by atomic mass is 10.1. The second-order valence-electron chi connectivity index (χ2n) is 6.25. The summed E-state index contributed by atoms with van der Waals surface area (Å²) in [5, 5.41) is 15.6. The van der Waals surface area contributed by atoms with Crippen LogP contribution < -0.4 is 11.1 Å². The summed E-state index contributed by atoms with van der Waals surface area (Å²) in [4.78, 5) is 12.9. The average molecular weight is 349 g/mol. The Balaban J connectivity index is 1.57. The van der Waals surface area contributed by atoms with Crippen LogP contribution in [0.5, 0.6) is 0 Å². The van der Waals surface area contributed by atoms with Gasteiger partial charge in [0.2, 0.25) is 11.9 Å². The summed E-state index contributed by atoms with van der Waals surface area (Å²) < 4.78 is 1.91. The van der Waals surface area contributed by atoms with E-state index < -0.39 is 0 Å². The molecule has 9 nitrogen and oxygen atoms in total. The quantitative estimate of drug-likeness (QED) is 0.505. The topological polar surface area (TPSA) is 123 Å². The SMILES string of the molecule is CC(C)n1ccc(CNc2nc(N)nc(-c3ccc4cn[nH]c4c3)n2)n1. The molecule has 9 heteroatoms. The number of aromatic amines is 1. The number of nitrogens with two attached hydrogens (primary N) is 1. The summed E-state index contributed by atoms with van der Waals surface area (Å²) in [6, 6.07) is 8.11. The minimum Gasteiger partial charge on any atom is -0.368 e. The standard InChI is InChI=1S/C17H19N9/c1-10(2)26-6-5-13(25-26)9-19-17-22-15(21-16(18)23-17)11-3-4-12-8-20-24-14(12)7-11/h3-8,10H,9H2,1-2H3,(H,20,24)(H3,18,19,21,22,23). The summed E-state index contributed by atoms with van der Waals surface area (Å²) in [7, 11) is 0. The number of rotatable bonds is 5. The van der Waals surface area contributed by atoms with Gasteiger partial charge in [0.15, 0.2) is 5.82 Å². The number of nitrogens with zero attached hydrogens (tertiary/aromatic N) is 6. The molecule has 0 spiro atoms. The predicted octanol–water partition coefficient (Wildman–Crippen LogP) is 2.39. The van der Waals surface area contributed by atoms with E-state index in [4.69, 9.17) is 5.73 Å². The third-order valence-electron chi connectivity index (χ3n) is 3.97. The molecular weight excluding hydrogens is 330 g/mol. The molecule has 4 aromatic rings. The van der Waals surface area contributed by atoms with Gasteiger partial charge in [-0.3, -0.25) is 9.78 Å². The van der Waals surface area contributed by atoms with E-state index in [2.05, 4.69) is 49.4 Å². The van der Waals surface area contributed by atoms with Gasteiger partial charge in [0.05, 0.1) is 24.0 Å². The van der Waals surface area contributed by atoms with E-state index in [9.17, 15) is 0 Å². The molecule has 0 unspecified atom stereocenters. The molecule has 0 aliphatic heterocycles. The van der Waals surface area contributed by atoms with Crippen LogP contribution in [0.3, 0.4) is 0 Å². The molecule has 4 rings (SSSR count). The van der Waals surface area contributed by atoms with Gasteiger partial charge in [0.1, 0.15) is 0 Å². The van der Waals surface area contributed by atoms with Gasteiger partial charge in [0.25, 0.3) is 0 Å². The van der Waals surface area contributed by atoms with Crippen molar-refractivity contribution in [1.29, 1.82) is 0 Å². The zero-order valence-electron chi connectivity index (χ0n) is 14.5. The van der Waals surface area contributed by atoms with Crippen molar-refractivity contribution in [3.05, 3.63) is 42.4 Å². The number of benzene rings is 1. The van der Waals surface area contributed by atoms with Gasteiger partial charge in [-0.1, -0.05) is 12.1 Å². The fourth-order valence-electron chi connectivity index (χ4n) is 2.61. The third kappa shape index (κ3) is 3.18. The number of aromatic nitrogens is 7. The van der Waals surface area contributed by atoms with Crippen molar-refractivity contribution in [2.45, 2.75) is 26.4 Å². The number of anilines is 2. The molecule has 3 aromatic heterocycles. The van der Waals surface area contributed by atoms with Crippen LogP contribution in [0.15, 0.2) is 36.7 Å². The number of H-pyrrole nitrogens is 1. The van der Waals surface area contributed by atoms with Gasteiger partial charge in [-0.15, -0.1) is 0 Å². The van der Waals surface area contributed by atoms with Crippen molar-refractivity contribution in [3.63, 3.8) is 0 Å². The van der Waals surface area contributed by atoms with Crippen LogP contribution in [0, 0.1) is 0 Å². The summed E-state index contributed by atoms with van der Waals surface area (Å²) in [5.74, 6) is 1.08. The lowest BCUT2D eigenvalue weighted by molar-refractivity contribution is 0.527. The molecule has 0 saturated carbocycles. The Kier molecular flexibility index (Phi) is 3.96. The molecule has 0 fully saturated rings. The fraction of sp³-hybridized carbons (Fsp3) is 0.235. The normalized spacial score (nSPS) is 11.3. The Morgan fingerprint density at radius 1 is 1.19 bits per heavy atom. The number of fused-ring (bicyclic) bond motifs is 1. The molecular formula is C17H19N9. The molecule has 0 aliphatic carbocycles. The molecule has 26 heavy (non-hydrogen) atoms. The second kappa shape index (κ2) is 6.43. The Labute approximate surface area is 149 Å². The first-order valence-corrected chi connectivity index (χ1v) is 8.31. The molecule has 0 bridgehead atoms. The Bertz CT molecular complexity index is 1050. The number of nitrogens with one attached hydrogen (secondary N) is 2. The molecule has 0 amide bonds. The summed E-state index contributed by atoms with van der Waals surface area (Å²) in [5.41, 5.74) is 8.51. The summed E-state index contributed by atoms with van der Waals surface area (Å²) in [6.07, 6.45) is 3.72. The van der Waals surface area contributed by atoms with E-state index >= 15 is 0 Å². The Morgan fingerprint density at radius 2 is 2.08 bits per heavy atom. The van der Waals surface area contributed by atoms with Crippen LogP contribution in [0.4, 0.5) is 11.9 Å². The predicted molar refractivity (Wildman–Crippen MR) is 99.3 cm³/mol. The van der Waals surface area contributed by atoms with E-state index in [1.807, 2.05) is 35.1 Å². The van der Waals surface area contributed by atoms with Gasteiger partial charge >= 0.3 is 0 Å². The number of hydrogen-bond acceptors (Lipinski definition) is 7. The highest BCUT2D eigenvalue weighted by atomic mass is 15.3. The number of hydrogen-bond donors (Lipinski definition) is 3. The first-order valence-electron chi connectivity index (χ1n) is 8.31. The molecule has 4 N–H and O–H groups in total. The van der Waals surface area contributed by atoms with Crippen molar-refractivity contribution in [1.82, 2.24) is 34.9 Å². The molecule has 0 saturated heterocycles. The monoisotopic (exact) mass is 349 g/mol. The minimum atomic E-state index is 0.162. The highest BCUT2D eigenvalue weighted by Crippen LogP contribution is 2.21. The zero-order valence-corrected chi connectivity index (χ0v) is 14.5. The highest BCUT2D eigenvalue weighted by Gasteiger charge is 2.09. The third-order valence-corrected chi connectivity index (χ3v) is 3.97. The second-order valence-corrected chi connectivity index (χ2v) is 6.25. The first kappa shape index (κ1) is 16.0. The molecule has 0 aliphatic rings. The van der Waals surface area contributed by atoms with E-state index in [-0.39, 0.29) is 5.95 Å². The van der Waals surface area contributed by atoms with Gasteiger partial charge in [0, 0.05) is 23.2 Å². The van der Waals surface area contributed by atoms with E-state index in [1.54, 1.807) is 6.20 Å². The van der Waals surface area contributed by atoms with Crippen molar-refractivity contribution < 1.29 is 0 Å².